The van der Waals surface area contributed by atoms with E-state index in [1.54, 1.807) is 6.07 Å². The van der Waals surface area contributed by atoms with Crippen LogP contribution in [0.25, 0.3) is 10.8 Å². The van der Waals surface area contributed by atoms with Gasteiger partial charge in [-0.1, -0.05) is 28.1 Å². The summed E-state index contributed by atoms with van der Waals surface area (Å²) in [5, 5.41) is 5.27. The maximum Gasteiger partial charge on any atom is 0.224 e. The summed E-state index contributed by atoms with van der Waals surface area (Å²) in [7, 11) is 1.82. The fraction of sp³-hybridized carbons (Fsp3) is 0.125. The van der Waals surface area contributed by atoms with Crippen LogP contribution in [-0.2, 0) is 0 Å². The van der Waals surface area contributed by atoms with Crippen LogP contribution in [0, 0.1) is 6.92 Å². The van der Waals surface area contributed by atoms with Gasteiger partial charge in [0, 0.05) is 17.6 Å². The third-order valence-corrected chi connectivity index (χ3v) is 3.56. The Kier molecular flexibility index (Phi) is 3.75. The summed E-state index contributed by atoms with van der Waals surface area (Å²) in [6.45, 7) is 1.84. The van der Waals surface area contributed by atoms with Crippen LogP contribution < -0.4 is 10.1 Å². The predicted octanol–water partition coefficient (Wildman–Crippen LogP) is 4.53. The number of rotatable bonds is 3. The Balaban J connectivity index is 1.94. The smallest absolute Gasteiger partial charge is 0.224 e. The fourth-order valence-electron chi connectivity index (χ4n) is 2.10. The Bertz CT molecular complexity index is 805. The number of hydrogen-bond donors (Lipinski definition) is 1. The minimum absolute atomic E-state index is 0.531. The first-order chi connectivity index (χ1) is 10.1. The van der Waals surface area contributed by atoms with Gasteiger partial charge in [0.15, 0.2) is 0 Å². The Morgan fingerprint density at radius 1 is 1.00 bits per heavy atom. The van der Waals surface area contributed by atoms with Crippen LogP contribution in [-0.4, -0.2) is 17.0 Å². The van der Waals surface area contributed by atoms with Crippen LogP contribution in [0.5, 0.6) is 11.6 Å². The molecule has 4 nitrogen and oxygen atoms in total. The molecular formula is C16H14BrN3O. The van der Waals surface area contributed by atoms with Gasteiger partial charge in [0.25, 0.3) is 0 Å². The van der Waals surface area contributed by atoms with Crippen molar-refractivity contribution in [3.63, 3.8) is 0 Å². The molecule has 1 N–H and O–H groups in total. The quantitative estimate of drug-likeness (QED) is 0.758. The van der Waals surface area contributed by atoms with Crippen molar-refractivity contribution in [3.8, 4) is 11.6 Å². The van der Waals surface area contributed by atoms with Gasteiger partial charge in [-0.2, -0.15) is 4.98 Å². The monoisotopic (exact) mass is 343 g/mol. The number of ether oxygens (including phenoxy) is 1. The zero-order chi connectivity index (χ0) is 14.8. The maximum absolute atomic E-state index is 5.84. The van der Waals surface area contributed by atoms with E-state index in [0.717, 1.165) is 26.8 Å². The van der Waals surface area contributed by atoms with Crippen LogP contribution in [0.1, 0.15) is 5.82 Å². The number of nitrogens with zero attached hydrogens (tertiary/aromatic N) is 2. The highest BCUT2D eigenvalue weighted by molar-refractivity contribution is 9.10. The van der Waals surface area contributed by atoms with E-state index in [2.05, 4.69) is 43.3 Å². The molecule has 0 spiro atoms. The van der Waals surface area contributed by atoms with E-state index in [4.69, 9.17) is 4.74 Å². The van der Waals surface area contributed by atoms with Crippen molar-refractivity contribution in [2.75, 3.05) is 12.4 Å². The van der Waals surface area contributed by atoms with E-state index in [9.17, 15) is 0 Å². The van der Waals surface area contributed by atoms with Gasteiger partial charge in [-0.05, 0) is 42.0 Å². The molecule has 0 bridgehead atoms. The van der Waals surface area contributed by atoms with Gasteiger partial charge in [0.1, 0.15) is 17.4 Å². The Labute approximate surface area is 131 Å². The second-order valence-corrected chi connectivity index (χ2v) is 5.56. The zero-order valence-corrected chi connectivity index (χ0v) is 13.3. The standard InChI is InChI=1S/C16H14BrN3O/c1-10-19-15(18-2)9-16(20-10)21-14-6-4-11-7-13(17)5-3-12(11)8-14/h3-9H,1-2H3,(H,18,19,20). The third-order valence-electron chi connectivity index (χ3n) is 3.07. The molecule has 0 aliphatic heterocycles. The molecule has 1 aromatic heterocycles. The first kappa shape index (κ1) is 13.8. The lowest BCUT2D eigenvalue weighted by Gasteiger charge is -2.08. The molecule has 0 unspecified atom stereocenters. The van der Waals surface area contributed by atoms with Gasteiger partial charge in [-0.15, -0.1) is 0 Å². The van der Waals surface area contributed by atoms with E-state index < -0.39 is 0 Å². The van der Waals surface area contributed by atoms with Gasteiger partial charge < -0.3 is 10.1 Å². The second-order valence-electron chi connectivity index (χ2n) is 4.64. The highest BCUT2D eigenvalue weighted by atomic mass is 79.9. The minimum Gasteiger partial charge on any atom is -0.439 e. The molecule has 0 radical (unpaired) electrons. The molecule has 0 aliphatic carbocycles. The third kappa shape index (κ3) is 3.13. The number of nitrogens with one attached hydrogen (secondary N) is 1. The summed E-state index contributed by atoms with van der Waals surface area (Å²) in [6, 6.07) is 13.9. The van der Waals surface area contributed by atoms with Crippen LogP contribution in [0.3, 0.4) is 0 Å². The molecule has 3 rings (SSSR count). The SMILES string of the molecule is CNc1cc(Oc2ccc3cc(Br)ccc3c2)nc(C)n1. The van der Waals surface area contributed by atoms with Crippen molar-refractivity contribution in [3.05, 3.63) is 52.8 Å². The van der Waals surface area contributed by atoms with Crippen LogP contribution in [0.4, 0.5) is 5.82 Å². The molecule has 1 heterocycles. The zero-order valence-electron chi connectivity index (χ0n) is 11.7. The molecule has 2 aromatic carbocycles. The Hall–Kier alpha value is -2.14. The highest BCUT2D eigenvalue weighted by Crippen LogP contribution is 2.27. The van der Waals surface area contributed by atoms with Crippen molar-refractivity contribution < 1.29 is 4.74 Å². The van der Waals surface area contributed by atoms with Crippen LogP contribution in [0.2, 0.25) is 0 Å². The first-order valence-electron chi connectivity index (χ1n) is 6.55. The van der Waals surface area contributed by atoms with Crippen molar-refractivity contribution >= 4 is 32.5 Å². The summed E-state index contributed by atoms with van der Waals surface area (Å²) in [6.07, 6.45) is 0. The summed E-state index contributed by atoms with van der Waals surface area (Å²) in [4.78, 5) is 8.54. The second kappa shape index (κ2) is 5.69. The number of hydrogen-bond acceptors (Lipinski definition) is 4. The fourth-order valence-corrected chi connectivity index (χ4v) is 2.48. The number of halogens is 1. The van der Waals surface area contributed by atoms with E-state index >= 15 is 0 Å². The average Bonchev–Trinajstić information content (AvgIpc) is 2.47. The summed E-state index contributed by atoms with van der Waals surface area (Å²) >= 11 is 3.47. The normalized spacial score (nSPS) is 10.6. The molecule has 0 saturated heterocycles. The summed E-state index contributed by atoms with van der Waals surface area (Å²) < 4.78 is 6.90. The molecule has 21 heavy (non-hydrogen) atoms. The Morgan fingerprint density at radius 3 is 2.57 bits per heavy atom. The first-order valence-corrected chi connectivity index (χ1v) is 7.34. The number of aryl methyl sites for hydroxylation is 1. The molecule has 0 amide bonds. The van der Waals surface area contributed by atoms with Crippen LogP contribution in [0.15, 0.2) is 46.9 Å². The van der Waals surface area contributed by atoms with Gasteiger partial charge in [-0.3, -0.25) is 0 Å². The molecule has 5 heteroatoms. The van der Waals surface area contributed by atoms with E-state index in [1.807, 2.05) is 38.2 Å². The van der Waals surface area contributed by atoms with Crippen molar-refractivity contribution in [1.82, 2.24) is 9.97 Å². The lowest BCUT2D eigenvalue weighted by Crippen LogP contribution is -1.98. The molecule has 106 valence electrons. The van der Waals surface area contributed by atoms with Gasteiger partial charge >= 0.3 is 0 Å². The van der Waals surface area contributed by atoms with Gasteiger partial charge in [0.2, 0.25) is 5.88 Å². The maximum atomic E-state index is 5.84. The number of aromatic nitrogens is 2. The predicted molar refractivity (Wildman–Crippen MR) is 88.0 cm³/mol. The molecule has 0 fully saturated rings. The van der Waals surface area contributed by atoms with Crippen molar-refractivity contribution in [2.45, 2.75) is 6.92 Å². The molecular weight excluding hydrogens is 330 g/mol. The minimum atomic E-state index is 0.531. The van der Waals surface area contributed by atoms with E-state index in [-0.39, 0.29) is 0 Å². The summed E-state index contributed by atoms with van der Waals surface area (Å²) in [5.41, 5.74) is 0. The molecule has 3 aromatic rings. The topological polar surface area (TPSA) is 47.0 Å². The van der Waals surface area contributed by atoms with Gasteiger partial charge in [-0.25, -0.2) is 4.98 Å². The average molecular weight is 344 g/mol. The number of benzene rings is 2. The highest BCUT2D eigenvalue weighted by Gasteiger charge is 2.04. The number of anilines is 1. The summed E-state index contributed by atoms with van der Waals surface area (Å²) in [5.74, 6) is 2.69. The molecule has 0 atom stereocenters. The Morgan fingerprint density at radius 2 is 1.76 bits per heavy atom. The van der Waals surface area contributed by atoms with Crippen molar-refractivity contribution in [2.24, 2.45) is 0 Å². The van der Waals surface area contributed by atoms with Gasteiger partial charge in [0.05, 0.1) is 0 Å². The lowest BCUT2D eigenvalue weighted by atomic mass is 10.1. The van der Waals surface area contributed by atoms with Crippen LogP contribution >= 0.6 is 15.9 Å². The van der Waals surface area contributed by atoms with E-state index in [0.29, 0.717) is 11.7 Å². The molecule has 0 aliphatic rings. The largest absolute Gasteiger partial charge is 0.439 e. The van der Waals surface area contributed by atoms with E-state index in [1.165, 1.54) is 0 Å². The lowest BCUT2D eigenvalue weighted by molar-refractivity contribution is 0.461. The molecule has 0 saturated carbocycles. The number of fused-ring (bicyclic) bond motifs is 1. The van der Waals surface area contributed by atoms with Crippen molar-refractivity contribution in [1.29, 1.82) is 0 Å².